The number of H-pyrrole nitrogens is 1. The van der Waals surface area contributed by atoms with Crippen LogP contribution in [0.3, 0.4) is 0 Å². The number of aryl methyl sites for hydroxylation is 1. The van der Waals surface area contributed by atoms with Gasteiger partial charge in [0, 0.05) is 54.7 Å². The van der Waals surface area contributed by atoms with E-state index in [2.05, 4.69) is 40.6 Å². The molecule has 2 N–H and O–H groups in total. The van der Waals surface area contributed by atoms with Crippen molar-refractivity contribution in [1.29, 1.82) is 0 Å². The third kappa shape index (κ3) is 4.45. The summed E-state index contributed by atoms with van der Waals surface area (Å²) in [5.74, 6) is -0.0626. The Labute approximate surface area is 215 Å². The molecule has 188 valence electrons. The van der Waals surface area contributed by atoms with E-state index in [4.69, 9.17) is 4.74 Å². The van der Waals surface area contributed by atoms with Crippen LogP contribution in [0.4, 0.5) is 0 Å². The molecule has 6 nitrogen and oxygen atoms in total. The summed E-state index contributed by atoms with van der Waals surface area (Å²) in [4.78, 5) is 28.5. The molecular formula is C31H31N3O3. The normalized spacial score (nSPS) is 12.2. The number of ether oxygens (including phenoxy) is 1. The Bertz CT molecular complexity index is 1660. The second-order valence-electron chi connectivity index (χ2n) is 9.31. The molecule has 3 aromatic carbocycles. The van der Waals surface area contributed by atoms with Gasteiger partial charge in [0.1, 0.15) is 6.10 Å². The lowest BCUT2D eigenvalue weighted by Crippen LogP contribution is -2.25. The van der Waals surface area contributed by atoms with Crippen LogP contribution in [0, 0.1) is 6.92 Å². The molecule has 0 radical (unpaired) electrons. The Morgan fingerprint density at radius 3 is 2.41 bits per heavy atom. The minimum atomic E-state index is -0.464. The molecule has 0 bridgehead atoms. The summed E-state index contributed by atoms with van der Waals surface area (Å²) in [6.45, 7) is 6.45. The maximum absolute atomic E-state index is 13.5. The topological polar surface area (TPSA) is 76.1 Å². The van der Waals surface area contributed by atoms with E-state index in [9.17, 15) is 9.59 Å². The highest BCUT2D eigenvalue weighted by Gasteiger charge is 2.26. The highest BCUT2D eigenvalue weighted by Crippen LogP contribution is 2.38. The number of carbonyl (C=O) groups excluding carboxylic acids is 1. The van der Waals surface area contributed by atoms with Gasteiger partial charge in [-0.3, -0.25) is 9.59 Å². The van der Waals surface area contributed by atoms with Gasteiger partial charge < -0.3 is 19.6 Å². The zero-order valence-electron chi connectivity index (χ0n) is 21.6. The van der Waals surface area contributed by atoms with E-state index in [0.717, 1.165) is 49.9 Å². The Balaban J connectivity index is 1.75. The number of carbonyl (C=O) groups is 1. The maximum Gasteiger partial charge on any atom is 0.258 e. The fraction of sp³-hybridized carbons (Fsp3) is 0.226. The van der Waals surface area contributed by atoms with Crippen LogP contribution in [0.2, 0.25) is 0 Å². The van der Waals surface area contributed by atoms with Crippen LogP contribution in [0.25, 0.3) is 32.8 Å². The zero-order chi connectivity index (χ0) is 26.1. The van der Waals surface area contributed by atoms with E-state index in [1.54, 1.807) is 4.57 Å². The number of amides is 1. The van der Waals surface area contributed by atoms with Crippen LogP contribution >= 0.6 is 0 Å². The van der Waals surface area contributed by atoms with Crippen molar-refractivity contribution in [2.24, 2.45) is 7.05 Å². The number of aromatic amines is 1. The van der Waals surface area contributed by atoms with E-state index in [-0.39, 0.29) is 11.5 Å². The molecule has 2 heterocycles. The molecule has 1 atom stereocenters. The molecule has 2 aromatic heterocycles. The first-order valence-electron chi connectivity index (χ1n) is 12.5. The molecule has 0 saturated heterocycles. The Morgan fingerprint density at radius 2 is 1.70 bits per heavy atom. The predicted molar refractivity (Wildman–Crippen MR) is 149 cm³/mol. The van der Waals surface area contributed by atoms with Gasteiger partial charge in [-0.05, 0) is 48.1 Å². The average molecular weight is 494 g/mol. The number of aromatic nitrogens is 2. The standard InChI is InChI=1S/C31H31N3O3/c1-5-37-30(22-15-16-23-26(18-32-20(3)35)19(2)33-27(23)17-22)29-28(21-11-7-6-8-12-21)24-13-9-10-14-25(24)31(36)34(29)4/h6-17,30,33H,5,18H2,1-4H3,(H,32,35). The van der Waals surface area contributed by atoms with Gasteiger partial charge in [-0.1, -0.05) is 60.7 Å². The molecule has 0 fully saturated rings. The largest absolute Gasteiger partial charge is 0.368 e. The third-order valence-electron chi connectivity index (χ3n) is 6.95. The zero-order valence-corrected chi connectivity index (χ0v) is 21.6. The second kappa shape index (κ2) is 10.1. The van der Waals surface area contributed by atoms with Gasteiger partial charge >= 0.3 is 0 Å². The Hall–Kier alpha value is -4.16. The molecule has 0 aliphatic heterocycles. The number of hydrogen-bond acceptors (Lipinski definition) is 3. The van der Waals surface area contributed by atoms with Crippen molar-refractivity contribution < 1.29 is 9.53 Å². The number of pyridine rings is 1. The summed E-state index contributed by atoms with van der Waals surface area (Å²) in [5.41, 5.74) is 6.78. The van der Waals surface area contributed by atoms with Crippen molar-refractivity contribution in [3.05, 3.63) is 106 Å². The smallest absolute Gasteiger partial charge is 0.258 e. The van der Waals surface area contributed by atoms with Crippen molar-refractivity contribution in [2.45, 2.75) is 33.4 Å². The fourth-order valence-electron chi connectivity index (χ4n) is 5.21. The number of nitrogens with zero attached hydrogens (tertiary/aromatic N) is 1. The van der Waals surface area contributed by atoms with Crippen LogP contribution in [0.5, 0.6) is 0 Å². The molecule has 0 spiro atoms. The quantitative estimate of drug-likeness (QED) is 0.303. The summed E-state index contributed by atoms with van der Waals surface area (Å²) in [7, 11) is 1.82. The molecule has 1 amide bonds. The first kappa shape index (κ1) is 24.5. The highest BCUT2D eigenvalue weighted by molar-refractivity contribution is 5.97. The number of rotatable bonds is 7. The lowest BCUT2D eigenvalue weighted by molar-refractivity contribution is -0.119. The fourth-order valence-corrected chi connectivity index (χ4v) is 5.21. The summed E-state index contributed by atoms with van der Waals surface area (Å²) >= 11 is 0. The van der Waals surface area contributed by atoms with Gasteiger partial charge in [-0.15, -0.1) is 0 Å². The average Bonchev–Trinajstić information content (AvgIpc) is 3.22. The van der Waals surface area contributed by atoms with Crippen molar-refractivity contribution in [2.75, 3.05) is 6.61 Å². The predicted octanol–water partition coefficient (Wildman–Crippen LogP) is 5.76. The van der Waals surface area contributed by atoms with Crippen molar-refractivity contribution in [3.8, 4) is 11.1 Å². The molecule has 5 rings (SSSR count). The number of nitrogens with one attached hydrogen (secondary N) is 2. The van der Waals surface area contributed by atoms with Crippen molar-refractivity contribution >= 4 is 27.6 Å². The lowest BCUT2D eigenvalue weighted by atomic mass is 9.92. The van der Waals surface area contributed by atoms with Gasteiger partial charge in [0.15, 0.2) is 0 Å². The monoisotopic (exact) mass is 493 g/mol. The summed E-state index contributed by atoms with van der Waals surface area (Å²) < 4.78 is 8.13. The van der Waals surface area contributed by atoms with E-state index in [0.29, 0.717) is 18.5 Å². The van der Waals surface area contributed by atoms with Gasteiger partial charge in [0.05, 0.1) is 5.69 Å². The van der Waals surface area contributed by atoms with Crippen LogP contribution in [0.1, 0.15) is 42.5 Å². The van der Waals surface area contributed by atoms with Gasteiger partial charge in [0.2, 0.25) is 5.91 Å². The molecule has 0 aliphatic rings. The molecular weight excluding hydrogens is 462 g/mol. The Kier molecular flexibility index (Phi) is 6.68. The van der Waals surface area contributed by atoms with E-state index < -0.39 is 6.10 Å². The maximum atomic E-state index is 13.5. The summed E-state index contributed by atoms with van der Waals surface area (Å²) in [6.07, 6.45) is -0.464. The van der Waals surface area contributed by atoms with Crippen molar-refractivity contribution in [3.63, 3.8) is 0 Å². The Morgan fingerprint density at radius 1 is 1.00 bits per heavy atom. The van der Waals surface area contributed by atoms with Crippen LogP contribution in [-0.4, -0.2) is 22.1 Å². The number of hydrogen-bond donors (Lipinski definition) is 2. The van der Waals surface area contributed by atoms with Crippen LogP contribution < -0.4 is 10.9 Å². The molecule has 0 aliphatic carbocycles. The van der Waals surface area contributed by atoms with Crippen molar-refractivity contribution in [1.82, 2.24) is 14.9 Å². The second-order valence-corrected chi connectivity index (χ2v) is 9.31. The number of fused-ring (bicyclic) bond motifs is 2. The minimum Gasteiger partial charge on any atom is -0.368 e. The molecule has 1 unspecified atom stereocenters. The van der Waals surface area contributed by atoms with Crippen LogP contribution in [-0.2, 0) is 23.1 Å². The summed E-state index contributed by atoms with van der Waals surface area (Å²) in [5, 5.41) is 5.55. The molecule has 37 heavy (non-hydrogen) atoms. The van der Waals surface area contributed by atoms with E-state index in [1.807, 2.05) is 63.4 Å². The van der Waals surface area contributed by atoms with Gasteiger partial charge in [0.25, 0.3) is 5.56 Å². The first-order valence-corrected chi connectivity index (χ1v) is 12.5. The molecule has 6 heteroatoms. The van der Waals surface area contributed by atoms with E-state index in [1.165, 1.54) is 6.92 Å². The summed E-state index contributed by atoms with van der Waals surface area (Å²) in [6, 6.07) is 24.1. The van der Waals surface area contributed by atoms with Gasteiger partial charge in [-0.25, -0.2) is 0 Å². The van der Waals surface area contributed by atoms with Crippen LogP contribution in [0.15, 0.2) is 77.6 Å². The first-order chi connectivity index (χ1) is 17.9. The number of benzene rings is 3. The molecule has 5 aromatic rings. The highest BCUT2D eigenvalue weighted by atomic mass is 16.5. The SMILES string of the molecule is CCOC(c1ccc2c(CNC(C)=O)c(C)[nH]c2c1)c1c(-c2ccccc2)c2ccccc2c(=O)n1C. The van der Waals surface area contributed by atoms with E-state index >= 15 is 0 Å². The third-order valence-corrected chi connectivity index (χ3v) is 6.95. The molecule has 0 saturated carbocycles. The minimum absolute atomic E-state index is 0.0515. The van der Waals surface area contributed by atoms with Gasteiger partial charge in [-0.2, -0.15) is 0 Å². The lowest BCUT2D eigenvalue weighted by Gasteiger charge is -2.25.